The second-order valence-electron chi connectivity index (χ2n) is 3.39. The van der Waals surface area contributed by atoms with Crippen molar-refractivity contribution < 1.29 is 18.7 Å². The summed E-state index contributed by atoms with van der Waals surface area (Å²) in [6.45, 7) is 3.79. The van der Waals surface area contributed by atoms with Crippen molar-refractivity contribution >= 4 is 5.97 Å². The molecule has 0 aliphatic heterocycles. The van der Waals surface area contributed by atoms with Crippen LogP contribution in [0.15, 0.2) is 18.2 Å². The van der Waals surface area contributed by atoms with E-state index in [-0.39, 0.29) is 11.5 Å². The van der Waals surface area contributed by atoms with Gasteiger partial charge in [0.2, 0.25) is 0 Å². The largest absolute Gasteiger partial charge is 0.491 e. The SMILES string of the molecule is CCCCOc1ccc(OC(C)=O)cc1F. The topological polar surface area (TPSA) is 35.5 Å². The zero-order valence-corrected chi connectivity index (χ0v) is 9.46. The summed E-state index contributed by atoms with van der Waals surface area (Å²) in [6.07, 6.45) is 1.87. The highest BCUT2D eigenvalue weighted by atomic mass is 19.1. The number of esters is 1. The normalized spacial score (nSPS) is 9.94. The van der Waals surface area contributed by atoms with E-state index in [0.29, 0.717) is 6.61 Å². The quantitative estimate of drug-likeness (QED) is 0.440. The predicted molar refractivity (Wildman–Crippen MR) is 58.1 cm³/mol. The van der Waals surface area contributed by atoms with Crippen LogP contribution in [-0.2, 0) is 4.79 Å². The van der Waals surface area contributed by atoms with Crippen LogP contribution in [0.1, 0.15) is 26.7 Å². The summed E-state index contributed by atoms with van der Waals surface area (Å²) in [5.74, 6) is -0.619. The van der Waals surface area contributed by atoms with Gasteiger partial charge in [0, 0.05) is 13.0 Å². The number of hydrogen-bond donors (Lipinski definition) is 0. The first-order valence-electron chi connectivity index (χ1n) is 5.24. The summed E-state index contributed by atoms with van der Waals surface area (Å²) in [4.78, 5) is 10.6. The lowest BCUT2D eigenvalue weighted by atomic mass is 10.3. The second-order valence-corrected chi connectivity index (χ2v) is 3.39. The Bertz CT molecular complexity index is 363. The van der Waals surface area contributed by atoms with E-state index >= 15 is 0 Å². The van der Waals surface area contributed by atoms with Gasteiger partial charge < -0.3 is 9.47 Å². The molecule has 3 nitrogen and oxygen atoms in total. The van der Waals surface area contributed by atoms with Gasteiger partial charge >= 0.3 is 5.97 Å². The van der Waals surface area contributed by atoms with Gasteiger partial charge in [-0.3, -0.25) is 4.79 Å². The van der Waals surface area contributed by atoms with Crippen LogP contribution < -0.4 is 9.47 Å². The Morgan fingerprint density at radius 2 is 2.19 bits per heavy atom. The van der Waals surface area contributed by atoms with Gasteiger partial charge in [-0.15, -0.1) is 0 Å². The molecule has 1 aromatic rings. The van der Waals surface area contributed by atoms with Crippen molar-refractivity contribution in [3.63, 3.8) is 0 Å². The number of rotatable bonds is 5. The Balaban J connectivity index is 2.64. The Morgan fingerprint density at radius 1 is 1.44 bits per heavy atom. The number of benzene rings is 1. The van der Waals surface area contributed by atoms with E-state index in [9.17, 15) is 9.18 Å². The highest BCUT2D eigenvalue weighted by molar-refractivity contribution is 5.69. The van der Waals surface area contributed by atoms with E-state index in [0.717, 1.165) is 18.9 Å². The summed E-state index contributed by atoms with van der Waals surface area (Å²) in [5.41, 5.74) is 0. The molecule has 0 amide bonds. The maximum absolute atomic E-state index is 13.4. The smallest absolute Gasteiger partial charge is 0.308 e. The molecule has 0 atom stereocenters. The maximum atomic E-state index is 13.4. The van der Waals surface area contributed by atoms with Crippen molar-refractivity contribution in [2.24, 2.45) is 0 Å². The lowest BCUT2D eigenvalue weighted by Gasteiger charge is -2.07. The van der Waals surface area contributed by atoms with Crippen LogP contribution in [0.3, 0.4) is 0 Å². The van der Waals surface area contributed by atoms with Crippen molar-refractivity contribution in [3.05, 3.63) is 24.0 Å². The van der Waals surface area contributed by atoms with Gasteiger partial charge in [0.25, 0.3) is 0 Å². The number of carbonyl (C=O) groups excluding carboxylic acids is 1. The molecule has 1 aromatic carbocycles. The van der Waals surface area contributed by atoms with Crippen molar-refractivity contribution in [3.8, 4) is 11.5 Å². The van der Waals surface area contributed by atoms with Crippen LogP contribution in [0.4, 0.5) is 4.39 Å². The highest BCUT2D eigenvalue weighted by Gasteiger charge is 2.06. The average Bonchev–Trinajstić information content (AvgIpc) is 2.20. The third kappa shape index (κ3) is 3.88. The van der Waals surface area contributed by atoms with E-state index in [2.05, 4.69) is 0 Å². The molecule has 0 saturated carbocycles. The fourth-order valence-corrected chi connectivity index (χ4v) is 1.15. The van der Waals surface area contributed by atoms with Gasteiger partial charge in [0.1, 0.15) is 5.75 Å². The Labute approximate surface area is 94.2 Å². The average molecular weight is 226 g/mol. The minimum atomic E-state index is -0.519. The number of hydrogen-bond acceptors (Lipinski definition) is 3. The lowest BCUT2D eigenvalue weighted by Crippen LogP contribution is -2.03. The minimum absolute atomic E-state index is 0.185. The third-order valence-corrected chi connectivity index (χ3v) is 1.92. The van der Waals surface area contributed by atoms with Crippen LogP contribution in [0.25, 0.3) is 0 Å². The zero-order chi connectivity index (χ0) is 12.0. The summed E-state index contributed by atoms with van der Waals surface area (Å²) in [6, 6.07) is 4.11. The Hall–Kier alpha value is -1.58. The third-order valence-electron chi connectivity index (χ3n) is 1.92. The molecular formula is C12H15FO3. The van der Waals surface area contributed by atoms with Crippen LogP contribution in [-0.4, -0.2) is 12.6 Å². The molecule has 0 aliphatic carbocycles. The molecule has 0 unspecified atom stereocenters. The zero-order valence-electron chi connectivity index (χ0n) is 9.46. The molecule has 88 valence electrons. The van der Waals surface area contributed by atoms with Gasteiger partial charge in [0.15, 0.2) is 11.6 Å². The molecule has 0 fully saturated rings. The van der Waals surface area contributed by atoms with Crippen LogP contribution in [0.2, 0.25) is 0 Å². The monoisotopic (exact) mass is 226 g/mol. The van der Waals surface area contributed by atoms with Gasteiger partial charge in [-0.05, 0) is 18.6 Å². The fourth-order valence-electron chi connectivity index (χ4n) is 1.15. The van der Waals surface area contributed by atoms with Gasteiger partial charge in [-0.1, -0.05) is 13.3 Å². The van der Waals surface area contributed by atoms with Gasteiger partial charge in [0.05, 0.1) is 6.61 Å². The molecule has 0 bridgehead atoms. The fraction of sp³-hybridized carbons (Fsp3) is 0.417. The minimum Gasteiger partial charge on any atom is -0.491 e. The number of unbranched alkanes of at least 4 members (excludes halogenated alkanes) is 1. The first-order valence-corrected chi connectivity index (χ1v) is 5.24. The molecular weight excluding hydrogens is 211 g/mol. The number of ether oxygens (including phenoxy) is 2. The van der Waals surface area contributed by atoms with E-state index in [1.807, 2.05) is 6.92 Å². The lowest BCUT2D eigenvalue weighted by molar-refractivity contribution is -0.131. The van der Waals surface area contributed by atoms with Crippen molar-refractivity contribution in [1.29, 1.82) is 0 Å². The predicted octanol–water partition coefficient (Wildman–Crippen LogP) is 2.93. The van der Waals surface area contributed by atoms with Crippen LogP contribution in [0.5, 0.6) is 11.5 Å². The first-order chi connectivity index (χ1) is 7.63. The summed E-state index contributed by atoms with van der Waals surface area (Å²) in [5, 5.41) is 0. The van der Waals surface area contributed by atoms with Crippen molar-refractivity contribution in [2.45, 2.75) is 26.7 Å². The maximum Gasteiger partial charge on any atom is 0.308 e. The summed E-state index contributed by atoms with van der Waals surface area (Å²) in [7, 11) is 0. The standard InChI is InChI=1S/C12H15FO3/c1-3-4-7-15-12-6-5-10(8-11(12)13)16-9(2)14/h5-6,8H,3-4,7H2,1-2H3. The molecule has 4 heteroatoms. The van der Waals surface area contributed by atoms with E-state index < -0.39 is 11.8 Å². The van der Waals surface area contributed by atoms with Crippen molar-refractivity contribution in [2.75, 3.05) is 6.61 Å². The van der Waals surface area contributed by atoms with Gasteiger partial charge in [-0.25, -0.2) is 4.39 Å². The molecule has 16 heavy (non-hydrogen) atoms. The number of carbonyl (C=O) groups is 1. The van der Waals surface area contributed by atoms with E-state index in [1.54, 1.807) is 0 Å². The second kappa shape index (κ2) is 6.10. The molecule has 1 rings (SSSR count). The van der Waals surface area contributed by atoms with Crippen molar-refractivity contribution in [1.82, 2.24) is 0 Å². The molecule has 0 heterocycles. The van der Waals surface area contributed by atoms with Gasteiger partial charge in [-0.2, -0.15) is 0 Å². The molecule has 0 aromatic heterocycles. The Morgan fingerprint density at radius 3 is 2.75 bits per heavy atom. The summed E-state index contributed by atoms with van der Waals surface area (Å²) >= 11 is 0. The molecule has 0 spiro atoms. The Kier molecular flexibility index (Phi) is 4.76. The van der Waals surface area contributed by atoms with E-state index in [1.165, 1.54) is 19.1 Å². The van der Waals surface area contributed by atoms with Crippen LogP contribution >= 0.6 is 0 Å². The first kappa shape index (κ1) is 12.5. The molecule has 0 radical (unpaired) electrons. The van der Waals surface area contributed by atoms with Crippen LogP contribution in [0, 0.1) is 5.82 Å². The summed E-state index contributed by atoms with van der Waals surface area (Å²) < 4.78 is 23.4. The number of halogens is 1. The van der Waals surface area contributed by atoms with E-state index in [4.69, 9.17) is 9.47 Å². The molecule has 0 saturated heterocycles. The molecule has 0 aliphatic rings. The molecule has 0 N–H and O–H groups in total. The highest BCUT2D eigenvalue weighted by Crippen LogP contribution is 2.22.